The van der Waals surface area contributed by atoms with Gasteiger partial charge in [-0.1, -0.05) is 44.0 Å². The predicted octanol–water partition coefficient (Wildman–Crippen LogP) is 5.22. The lowest BCUT2D eigenvalue weighted by Gasteiger charge is -2.24. The van der Waals surface area contributed by atoms with E-state index < -0.39 is 0 Å². The number of anilines is 3. The maximum atomic E-state index is 13.2. The molecule has 3 rings (SSSR count). The summed E-state index contributed by atoms with van der Waals surface area (Å²) in [6.45, 7) is 0.433. The van der Waals surface area contributed by atoms with Crippen LogP contribution in [0.4, 0.5) is 17.1 Å². The monoisotopic (exact) mass is 473 g/mol. The van der Waals surface area contributed by atoms with Crippen molar-refractivity contribution in [1.29, 1.82) is 0 Å². The Balaban J connectivity index is 1.99. The van der Waals surface area contributed by atoms with Gasteiger partial charge in [-0.3, -0.25) is 4.79 Å². The Hall–Kier alpha value is -2.31. The van der Waals surface area contributed by atoms with Gasteiger partial charge in [-0.15, -0.1) is 0 Å². The van der Waals surface area contributed by atoms with Crippen molar-refractivity contribution < 1.29 is 4.79 Å². The van der Waals surface area contributed by atoms with Gasteiger partial charge in [0.2, 0.25) is 0 Å². The average molecular weight is 475 g/mol. The van der Waals surface area contributed by atoms with Gasteiger partial charge in [0.1, 0.15) is 0 Å². The molecule has 0 bridgehead atoms. The van der Waals surface area contributed by atoms with Crippen LogP contribution in [0.1, 0.15) is 15.9 Å². The van der Waals surface area contributed by atoms with E-state index in [2.05, 4.69) is 31.9 Å². The summed E-state index contributed by atoms with van der Waals surface area (Å²) < 4.78 is 1.94. The Morgan fingerprint density at radius 3 is 1.85 bits per heavy atom. The summed E-state index contributed by atoms with van der Waals surface area (Å²) in [5.74, 6) is -0.158. The fourth-order valence-electron chi connectivity index (χ4n) is 2.63. The molecule has 0 atom stereocenters. The van der Waals surface area contributed by atoms with Crippen molar-refractivity contribution in [2.75, 3.05) is 16.4 Å². The average Bonchev–Trinajstić information content (AvgIpc) is 2.61. The number of nitrogens with two attached hydrogens (primary N) is 2. The molecule has 132 valence electrons. The van der Waals surface area contributed by atoms with E-state index in [9.17, 15) is 4.79 Å². The molecule has 0 radical (unpaired) electrons. The zero-order valence-electron chi connectivity index (χ0n) is 13.8. The molecular formula is C20H17Br2N3O. The van der Waals surface area contributed by atoms with E-state index in [1.807, 2.05) is 48.5 Å². The zero-order valence-corrected chi connectivity index (χ0v) is 17.0. The SMILES string of the molecule is Nc1cc(N)cc(C(=O)N(Cc2ccc(Br)cc2)c2ccc(Br)cc2)c1. The standard InChI is InChI=1S/C20H17Br2N3O/c21-15-3-1-13(2-4-15)12-25(19-7-5-16(22)6-8-19)20(26)14-9-17(23)11-18(24)10-14/h1-11H,12,23-24H2. The summed E-state index contributed by atoms with van der Waals surface area (Å²) in [5.41, 5.74) is 14.9. The third kappa shape index (κ3) is 4.45. The van der Waals surface area contributed by atoms with E-state index in [4.69, 9.17) is 11.5 Å². The molecule has 3 aromatic carbocycles. The van der Waals surface area contributed by atoms with Gasteiger partial charge in [-0.2, -0.15) is 0 Å². The molecule has 0 saturated heterocycles. The maximum absolute atomic E-state index is 13.2. The molecule has 0 saturated carbocycles. The number of carbonyl (C=O) groups excluding carboxylic acids is 1. The highest BCUT2D eigenvalue weighted by molar-refractivity contribution is 9.10. The lowest BCUT2D eigenvalue weighted by atomic mass is 10.1. The van der Waals surface area contributed by atoms with Crippen LogP contribution in [0.3, 0.4) is 0 Å². The first-order valence-electron chi connectivity index (χ1n) is 7.90. The smallest absolute Gasteiger partial charge is 0.258 e. The topological polar surface area (TPSA) is 72.3 Å². The first-order chi connectivity index (χ1) is 12.4. The predicted molar refractivity (Wildman–Crippen MR) is 114 cm³/mol. The van der Waals surface area contributed by atoms with Crippen molar-refractivity contribution in [1.82, 2.24) is 0 Å². The van der Waals surface area contributed by atoms with Crippen LogP contribution in [0.15, 0.2) is 75.7 Å². The van der Waals surface area contributed by atoms with E-state index in [0.717, 1.165) is 20.2 Å². The van der Waals surface area contributed by atoms with Gasteiger partial charge in [-0.05, 0) is 60.2 Å². The molecule has 26 heavy (non-hydrogen) atoms. The van der Waals surface area contributed by atoms with Crippen LogP contribution in [0.2, 0.25) is 0 Å². The van der Waals surface area contributed by atoms with Crippen molar-refractivity contribution in [2.24, 2.45) is 0 Å². The lowest BCUT2D eigenvalue weighted by Crippen LogP contribution is -2.30. The van der Waals surface area contributed by atoms with Gasteiger partial charge in [-0.25, -0.2) is 0 Å². The van der Waals surface area contributed by atoms with E-state index in [0.29, 0.717) is 23.5 Å². The molecule has 0 aliphatic rings. The third-order valence-corrected chi connectivity index (χ3v) is 4.92. The van der Waals surface area contributed by atoms with E-state index >= 15 is 0 Å². The summed E-state index contributed by atoms with van der Waals surface area (Å²) in [6.07, 6.45) is 0. The molecule has 0 aromatic heterocycles. The van der Waals surface area contributed by atoms with E-state index in [1.54, 1.807) is 23.1 Å². The molecule has 6 heteroatoms. The molecule has 4 N–H and O–H groups in total. The van der Waals surface area contributed by atoms with Gasteiger partial charge < -0.3 is 16.4 Å². The van der Waals surface area contributed by atoms with E-state index in [-0.39, 0.29) is 5.91 Å². The van der Waals surface area contributed by atoms with Crippen LogP contribution in [-0.4, -0.2) is 5.91 Å². The van der Waals surface area contributed by atoms with Crippen LogP contribution >= 0.6 is 31.9 Å². The molecule has 0 heterocycles. The minimum Gasteiger partial charge on any atom is -0.399 e. The van der Waals surface area contributed by atoms with Crippen molar-refractivity contribution in [3.8, 4) is 0 Å². The van der Waals surface area contributed by atoms with Gasteiger partial charge in [0.05, 0.1) is 6.54 Å². The lowest BCUT2D eigenvalue weighted by molar-refractivity contribution is 0.0985. The molecule has 3 aromatic rings. The van der Waals surface area contributed by atoms with Crippen molar-refractivity contribution in [2.45, 2.75) is 6.54 Å². The number of amides is 1. The molecule has 0 unspecified atom stereocenters. The highest BCUT2D eigenvalue weighted by Gasteiger charge is 2.19. The Morgan fingerprint density at radius 2 is 1.31 bits per heavy atom. The minimum atomic E-state index is -0.158. The molecule has 0 spiro atoms. The van der Waals surface area contributed by atoms with Gasteiger partial charge >= 0.3 is 0 Å². The number of nitrogens with zero attached hydrogens (tertiary/aromatic N) is 1. The number of nitrogen functional groups attached to an aromatic ring is 2. The Kier molecular flexibility index (Phi) is 5.64. The quantitative estimate of drug-likeness (QED) is 0.509. The van der Waals surface area contributed by atoms with Crippen molar-refractivity contribution >= 4 is 54.8 Å². The first kappa shape index (κ1) is 18.5. The summed E-state index contributed by atoms with van der Waals surface area (Å²) in [6, 6.07) is 20.4. The third-order valence-electron chi connectivity index (χ3n) is 3.86. The number of rotatable bonds is 4. The second-order valence-corrected chi connectivity index (χ2v) is 7.71. The van der Waals surface area contributed by atoms with Crippen LogP contribution in [-0.2, 0) is 6.54 Å². The Morgan fingerprint density at radius 1 is 0.808 bits per heavy atom. The molecule has 1 amide bonds. The molecule has 0 aliphatic carbocycles. The van der Waals surface area contributed by atoms with Gasteiger partial charge in [0.25, 0.3) is 5.91 Å². The van der Waals surface area contributed by atoms with Gasteiger partial charge in [0, 0.05) is 31.6 Å². The van der Waals surface area contributed by atoms with Crippen LogP contribution in [0, 0.1) is 0 Å². The second-order valence-electron chi connectivity index (χ2n) is 5.88. The highest BCUT2D eigenvalue weighted by Crippen LogP contribution is 2.25. The Bertz CT molecular complexity index is 905. The second kappa shape index (κ2) is 7.93. The van der Waals surface area contributed by atoms with E-state index in [1.165, 1.54) is 0 Å². The summed E-state index contributed by atoms with van der Waals surface area (Å²) in [5, 5.41) is 0. The van der Waals surface area contributed by atoms with Crippen LogP contribution in [0.5, 0.6) is 0 Å². The summed E-state index contributed by atoms with van der Waals surface area (Å²) in [7, 11) is 0. The normalized spacial score (nSPS) is 10.5. The highest BCUT2D eigenvalue weighted by atomic mass is 79.9. The molecule has 4 nitrogen and oxygen atoms in total. The molecule has 0 fully saturated rings. The summed E-state index contributed by atoms with van der Waals surface area (Å²) >= 11 is 6.86. The number of hydrogen-bond donors (Lipinski definition) is 2. The maximum Gasteiger partial charge on any atom is 0.258 e. The molecule has 0 aliphatic heterocycles. The number of hydrogen-bond acceptors (Lipinski definition) is 3. The summed E-state index contributed by atoms with van der Waals surface area (Å²) in [4.78, 5) is 14.9. The van der Waals surface area contributed by atoms with Crippen LogP contribution < -0.4 is 16.4 Å². The van der Waals surface area contributed by atoms with Gasteiger partial charge in [0.15, 0.2) is 0 Å². The zero-order chi connectivity index (χ0) is 18.7. The number of halogens is 2. The Labute approximate surface area is 169 Å². The minimum absolute atomic E-state index is 0.158. The fourth-order valence-corrected chi connectivity index (χ4v) is 3.16. The number of carbonyl (C=O) groups is 1. The number of benzene rings is 3. The van der Waals surface area contributed by atoms with Crippen molar-refractivity contribution in [3.05, 3.63) is 86.8 Å². The van der Waals surface area contributed by atoms with Crippen molar-refractivity contribution in [3.63, 3.8) is 0 Å². The fraction of sp³-hybridized carbons (Fsp3) is 0.0500. The largest absolute Gasteiger partial charge is 0.399 e. The first-order valence-corrected chi connectivity index (χ1v) is 9.49. The van der Waals surface area contributed by atoms with Crippen LogP contribution in [0.25, 0.3) is 0 Å². The molecular weight excluding hydrogens is 458 g/mol.